The molecule has 1 aliphatic carbocycles. The molecule has 4 nitrogen and oxygen atoms in total. The van der Waals surface area contributed by atoms with Crippen LogP contribution in [0.1, 0.15) is 45.3 Å². The van der Waals surface area contributed by atoms with E-state index in [0.29, 0.717) is 19.3 Å². The summed E-state index contributed by atoms with van der Waals surface area (Å²) in [4.78, 5) is 0. The summed E-state index contributed by atoms with van der Waals surface area (Å²) in [7, 11) is 0. The van der Waals surface area contributed by atoms with Gasteiger partial charge in [-0.15, -0.1) is 0 Å². The molecule has 4 heteroatoms. The Kier molecular flexibility index (Phi) is 6.74. The van der Waals surface area contributed by atoms with E-state index in [1.807, 2.05) is 12.1 Å². The molecule has 0 radical (unpaired) electrons. The number of furan rings is 1. The first-order valence-electron chi connectivity index (χ1n) is 8.19. The van der Waals surface area contributed by atoms with Gasteiger partial charge in [0.05, 0.1) is 25.1 Å². The average molecular weight is 295 g/mol. The monoisotopic (exact) mass is 295 g/mol. The topological polar surface area (TPSA) is 54.6 Å². The molecule has 1 saturated carbocycles. The van der Waals surface area contributed by atoms with Crippen LogP contribution in [0, 0.1) is 5.92 Å². The van der Waals surface area contributed by atoms with E-state index in [9.17, 15) is 5.11 Å². The largest absolute Gasteiger partial charge is 0.469 e. The lowest BCUT2D eigenvalue weighted by atomic mass is 9.89. The molecule has 0 amide bonds. The van der Waals surface area contributed by atoms with Gasteiger partial charge >= 0.3 is 0 Å². The molecule has 0 aliphatic heterocycles. The predicted molar refractivity (Wildman–Crippen MR) is 83.3 cm³/mol. The number of hydrogen-bond donors (Lipinski definition) is 2. The minimum atomic E-state index is -0.443. The minimum Gasteiger partial charge on any atom is -0.469 e. The van der Waals surface area contributed by atoms with Crippen molar-refractivity contribution in [3.05, 3.63) is 24.2 Å². The van der Waals surface area contributed by atoms with Crippen molar-refractivity contribution < 1.29 is 14.3 Å². The van der Waals surface area contributed by atoms with E-state index in [0.717, 1.165) is 30.9 Å². The van der Waals surface area contributed by atoms with E-state index < -0.39 is 6.10 Å². The zero-order valence-corrected chi connectivity index (χ0v) is 13.3. The molecule has 0 spiro atoms. The molecule has 4 unspecified atom stereocenters. The zero-order chi connectivity index (χ0) is 15.1. The third kappa shape index (κ3) is 6.20. The van der Waals surface area contributed by atoms with Crippen LogP contribution in [0.4, 0.5) is 0 Å². The Labute approximate surface area is 127 Å². The van der Waals surface area contributed by atoms with Gasteiger partial charge in [0.25, 0.3) is 0 Å². The first-order chi connectivity index (χ1) is 10.1. The second kappa shape index (κ2) is 8.57. The van der Waals surface area contributed by atoms with Crippen LogP contribution in [-0.2, 0) is 11.2 Å². The average Bonchev–Trinajstić information content (AvgIpc) is 2.96. The lowest BCUT2D eigenvalue weighted by molar-refractivity contribution is -0.0310. The van der Waals surface area contributed by atoms with Crippen molar-refractivity contribution in [2.45, 2.75) is 64.2 Å². The maximum Gasteiger partial charge on any atom is 0.105 e. The van der Waals surface area contributed by atoms with E-state index in [2.05, 4.69) is 19.2 Å². The lowest BCUT2D eigenvalue weighted by Crippen LogP contribution is -2.38. The number of aliphatic hydroxyl groups excluding tert-OH is 1. The highest BCUT2D eigenvalue weighted by Gasteiger charge is 2.20. The van der Waals surface area contributed by atoms with Crippen molar-refractivity contribution in [3.8, 4) is 0 Å². The smallest absolute Gasteiger partial charge is 0.105 e. The summed E-state index contributed by atoms with van der Waals surface area (Å²) < 4.78 is 11.2. The van der Waals surface area contributed by atoms with Crippen LogP contribution in [0.15, 0.2) is 22.8 Å². The van der Waals surface area contributed by atoms with E-state index in [-0.39, 0.29) is 6.04 Å². The van der Waals surface area contributed by atoms with E-state index >= 15 is 0 Å². The van der Waals surface area contributed by atoms with Crippen LogP contribution in [0.5, 0.6) is 0 Å². The predicted octanol–water partition coefficient (Wildman–Crippen LogP) is 2.76. The highest BCUT2D eigenvalue weighted by molar-refractivity contribution is 4.99. The number of aliphatic hydroxyl groups is 1. The van der Waals surface area contributed by atoms with Crippen LogP contribution in [0.3, 0.4) is 0 Å². The maximum absolute atomic E-state index is 10.0. The first-order valence-corrected chi connectivity index (χ1v) is 8.19. The molecule has 0 bridgehead atoms. The van der Waals surface area contributed by atoms with Gasteiger partial charge < -0.3 is 19.6 Å². The SMILES string of the molecule is CC1CCCC(OCC(O)CNC(C)Cc2ccco2)C1. The van der Waals surface area contributed by atoms with Crippen molar-refractivity contribution in [1.82, 2.24) is 5.32 Å². The summed E-state index contributed by atoms with van der Waals surface area (Å²) in [6, 6.07) is 4.15. The molecule has 2 rings (SSSR count). The highest BCUT2D eigenvalue weighted by Crippen LogP contribution is 2.25. The van der Waals surface area contributed by atoms with Crippen LogP contribution >= 0.6 is 0 Å². The molecule has 120 valence electrons. The van der Waals surface area contributed by atoms with Crippen LogP contribution in [0.2, 0.25) is 0 Å². The molecule has 1 heterocycles. The van der Waals surface area contributed by atoms with Crippen LogP contribution < -0.4 is 5.32 Å². The summed E-state index contributed by atoms with van der Waals surface area (Å²) >= 11 is 0. The lowest BCUT2D eigenvalue weighted by Gasteiger charge is -2.27. The third-order valence-corrected chi connectivity index (χ3v) is 4.20. The summed E-state index contributed by atoms with van der Waals surface area (Å²) in [5, 5.41) is 13.3. The van der Waals surface area contributed by atoms with Gasteiger partial charge in [-0.3, -0.25) is 0 Å². The summed E-state index contributed by atoms with van der Waals surface area (Å²) in [5.74, 6) is 1.73. The summed E-state index contributed by atoms with van der Waals surface area (Å²) in [6.45, 7) is 5.37. The van der Waals surface area contributed by atoms with Gasteiger partial charge in [-0.1, -0.05) is 19.8 Å². The molecule has 2 N–H and O–H groups in total. The van der Waals surface area contributed by atoms with Crippen LogP contribution in [0.25, 0.3) is 0 Å². The second-order valence-corrected chi connectivity index (χ2v) is 6.47. The molecule has 1 aromatic heterocycles. The van der Waals surface area contributed by atoms with Crippen molar-refractivity contribution in [2.75, 3.05) is 13.2 Å². The number of ether oxygens (including phenoxy) is 1. The van der Waals surface area contributed by atoms with Crippen molar-refractivity contribution in [3.63, 3.8) is 0 Å². The molecule has 0 saturated heterocycles. The normalized spacial score (nSPS) is 25.7. The summed E-state index contributed by atoms with van der Waals surface area (Å²) in [5.41, 5.74) is 0. The van der Waals surface area contributed by atoms with Gasteiger partial charge in [0.15, 0.2) is 0 Å². The molecule has 0 aromatic carbocycles. The third-order valence-electron chi connectivity index (χ3n) is 4.20. The maximum atomic E-state index is 10.0. The van der Waals surface area contributed by atoms with Gasteiger partial charge in [-0.05, 0) is 37.8 Å². The van der Waals surface area contributed by atoms with Gasteiger partial charge in [-0.2, -0.15) is 0 Å². The number of rotatable bonds is 8. The number of hydrogen-bond acceptors (Lipinski definition) is 4. The Morgan fingerprint density at radius 1 is 1.48 bits per heavy atom. The van der Waals surface area contributed by atoms with E-state index in [4.69, 9.17) is 9.15 Å². The molecule has 21 heavy (non-hydrogen) atoms. The molecule has 1 aromatic rings. The fourth-order valence-corrected chi connectivity index (χ4v) is 2.98. The molecular formula is C17H29NO3. The highest BCUT2D eigenvalue weighted by atomic mass is 16.5. The van der Waals surface area contributed by atoms with Gasteiger partial charge in [0.2, 0.25) is 0 Å². The molecule has 4 atom stereocenters. The zero-order valence-electron chi connectivity index (χ0n) is 13.3. The van der Waals surface area contributed by atoms with E-state index in [1.54, 1.807) is 6.26 Å². The molecule has 1 aliphatic rings. The fourth-order valence-electron chi connectivity index (χ4n) is 2.98. The fraction of sp³-hybridized carbons (Fsp3) is 0.765. The first kappa shape index (κ1) is 16.5. The molecule has 1 fully saturated rings. The van der Waals surface area contributed by atoms with Crippen molar-refractivity contribution >= 4 is 0 Å². The van der Waals surface area contributed by atoms with Gasteiger partial charge in [0, 0.05) is 19.0 Å². The Morgan fingerprint density at radius 3 is 3.05 bits per heavy atom. The van der Waals surface area contributed by atoms with E-state index in [1.165, 1.54) is 12.8 Å². The Hall–Kier alpha value is -0.840. The molecular weight excluding hydrogens is 266 g/mol. The Morgan fingerprint density at radius 2 is 2.33 bits per heavy atom. The standard InChI is InChI=1S/C17H29NO3/c1-13-5-3-6-16(9-13)21-12-15(19)11-18-14(2)10-17-7-4-8-20-17/h4,7-8,13-16,18-19H,3,5-6,9-12H2,1-2H3. The second-order valence-electron chi connectivity index (χ2n) is 6.47. The van der Waals surface area contributed by atoms with Gasteiger partial charge in [-0.25, -0.2) is 0 Å². The summed E-state index contributed by atoms with van der Waals surface area (Å²) in [6.07, 6.45) is 7.25. The van der Waals surface area contributed by atoms with Crippen LogP contribution in [-0.4, -0.2) is 36.5 Å². The van der Waals surface area contributed by atoms with Crippen molar-refractivity contribution in [2.24, 2.45) is 5.92 Å². The quantitative estimate of drug-likeness (QED) is 0.774. The van der Waals surface area contributed by atoms with Crippen molar-refractivity contribution in [1.29, 1.82) is 0 Å². The Bertz CT molecular complexity index is 379. The minimum absolute atomic E-state index is 0.278. The Balaban J connectivity index is 1.57. The number of nitrogens with one attached hydrogen (secondary N) is 1. The van der Waals surface area contributed by atoms with Gasteiger partial charge in [0.1, 0.15) is 5.76 Å².